The molecule has 0 saturated heterocycles. The number of aliphatic hydroxyl groups is 1. The van der Waals surface area contributed by atoms with Gasteiger partial charge in [-0.1, -0.05) is 36.4 Å². The topological polar surface area (TPSA) is 61.4 Å². The standard InChI is InChI=1S/C16H13F5N2O2/c17-11-7-4-8-12(18)13(11)23-14(24)22-9-15(25,16(19,20)21)10-5-2-1-3-6-10/h1-8,25H,9H2,(H2,22,23,24). The monoisotopic (exact) mass is 360 g/mol. The molecule has 2 aromatic carbocycles. The number of amides is 2. The highest BCUT2D eigenvalue weighted by Gasteiger charge is 2.55. The molecule has 1 atom stereocenters. The van der Waals surface area contributed by atoms with Gasteiger partial charge in [0.05, 0.1) is 6.54 Å². The molecule has 0 saturated carbocycles. The van der Waals surface area contributed by atoms with Crippen LogP contribution in [0.3, 0.4) is 0 Å². The molecule has 2 aromatic rings. The Balaban J connectivity index is 2.15. The fourth-order valence-electron chi connectivity index (χ4n) is 2.06. The third-order valence-electron chi connectivity index (χ3n) is 3.43. The van der Waals surface area contributed by atoms with Crippen molar-refractivity contribution in [3.63, 3.8) is 0 Å². The molecule has 134 valence electrons. The van der Waals surface area contributed by atoms with Crippen LogP contribution in [0.2, 0.25) is 0 Å². The maximum absolute atomic E-state index is 13.4. The lowest BCUT2D eigenvalue weighted by atomic mass is 9.93. The summed E-state index contributed by atoms with van der Waals surface area (Å²) in [6, 6.07) is 7.63. The molecule has 25 heavy (non-hydrogen) atoms. The molecular formula is C16H13F5N2O2. The predicted octanol–water partition coefficient (Wildman–Crippen LogP) is 3.54. The fraction of sp³-hybridized carbons (Fsp3) is 0.188. The molecule has 0 aliphatic heterocycles. The van der Waals surface area contributed by atoms with Crippen molar-refractivity contribution in [1.29, 1.82) is 0 Å². The van der Waals surface area contributed by atoms with Crippen molar-refractivity contribution in [1.82, 2.24) is 5.32 Å². The Labute approximate surface area is 139 Å². The minimum Gasteiger partial charge on any atom is -0.375 e. The summed E-state index contributed by atoms with van der Waals surface area (Å²) in [6.07, 6.45) is -5.09. The van der Waals surface area contributed by atoms with Crippen molar-refractivity contribution < 1.29 is 31.9 Å². The van der Waals surface area contributed by atoms with Crippen LogP contribution in [0, 0.1) is 11.6 Å². The zero-order valence-electron chi connectivity index (χ0n) is 12.6. The van der Waals surface area contributed by atoms with Crippen molar-refractivity contribution in [3.8, 4) is 0 Å². The number of alkyl halides is 3. The first-order valence-corrected chi connectivity index (χ1v) is 6.98. The summed E-state index contributed by atoms with van der Waals surface area (Å²) in [5, 5.41) is 13.6. The summed E-state index contributed by atoms with van der Waals surface area (Å²) >= 11 is 0. The number of carbonyl (C=O) groups excluding carboxylic acids is 1. The minimum absolute atomic E-state index is 0.486. The van der Waals surface area contributed by atoms with Crippen LogP contribution < -0.4 is 10.6 Å². The van der Waals surface area contributed by atoms with Gasteiger partial charge in [-0.3, -0.25) is 0 Å². The highest BCUT2D eigenvalue weighted by atomic mass is 19.4. The lowest BCUT2D eigenvalue weighted by Crippen LogP contribution is -2.51. The molecule has 3 N–H and O–H groups in total. The number of halogens is 5. The Kier molecular flexibility index (Phi) is 5.27. The second kappa shape index (κ2) is 7.06. The smallest absolute Gasteiger partial charge is 0.375 e. The Morgan fingerprint density at radius 2 is 1.52 bits per heavy atom. The number of benzene rings is 2. The van der Waals surface area contributed by atoms with Crippen LogP contribution in [-0.4, -0.2) is 23.9 Å². The Bertz CT molecular complexity index is 732. The van der Waals surface area contributed by atoms with E-state index in [1.54, 1.807) is 10.6 Å². The quantitative estimate of drug-likeness (QED) is 0.731. The van der Waals surface area contributed by atoms with Gasteiger partial charge < -0.3 is 15.7 Å². The van der Waals surface area contributed by atoms with E-state index in [0.717, 1.165) is 30.3 Å². The molecule has 0 fully saturated rings. The van der Waals surface area contributed by atoms with Gasteiger partial charge in [0.15, 0.2) is 0 Å². The van der Waals surface area contributed by atoms with Gasteiger partial charge in [0.25, 0.3) is 0 Å². The van der Waals surface area contributed by atoms with Gasteiger partial charge in [0.2, 0.25) is 5.60 Å². The molecule has 2 amide bonds. The first-order valence-electron chi connectivity index (χ1n) is 6.98. The average molecular weight is 360 g/mol. The minimum atomic E-state index is -5.09. The summed E-state index contributed by atoms with van der Waals surface area (Å²) in [6.45, 7) is -1.25. The summed E-state index contributed by atoms with van der Waals surface area (Å²) < 4.78 is 66.6. The maximum atomic E-state index is 13.4. The molecule has 0 bridgehead atoms. The van der Waals surface area contributed by atoms with E-state index < -0.39 is 47.2 Å². The lowest BCUT2D eigenvalue weighted by molar-refractivity contribution is -0.263. The number of carbonyl (C=O) groups is 1. The van der Waals surface area contributed by atoms with E-state index >= 15 is 0 Å². The number of nitrogens with one attached hydrogen (secondary N) is 2. The number of anilines is 1. The average Bonchev–Trinajstić information content (AvgIpc) is 2.56. The van der Waals surface area contributed by atoms with E-state index in [9.17, 15) is 31.9 Å². The molecule has 0 heterocycles. The maximum Gasteiger partial charge on any atom is 0.423 e. The second-order valence-electron chi connectivity index (χ2n) is 5.13. The van der Waals surface area contributed by atoms with Gasteiger partial charge in [-0.25, -0.2) is 13.6 Å². The van der Waals surface area contributed by atoms with E-state index in [2.05, 4.69) is 0 Å². The van der Waals surface area contributed by atoms with Crippen molar-refractivity contribution in [3.05, 3.63) is 65.7 Å². The van der Waals surface area contributed by atoms with Gasteiger partial charge in [-0.05, 0) is 17.7 Å². The molecular weight excluding hydrogens is 347 g/mol. The molecule has 0 aliphatic carbocycles. The summed E-state index contributed by atoms with van der Waals surface area (Å²) in [7, 11) is 0. The first kappa shape index (κ1) is 18.7. The molecule has 2 rings (SSSR count). The Morgan fingerprint density at radius 1 is 0.960 bits per heavy atom. The van der Waals surface area contributed by atoms with Crippen molar-refractivity contribution in [2.75, 3.05) is 11.9 Å². The third kappa shape index (κ3) is 4.05. The number of hydrogen-bond donors (Lipinski definition) is 3. The van der Waals surface area contributed by atoms with Crippen LogP contribution >= 0.6 is 0 Å². The Morgan fingerprint density at radius 3 is 2.04 bits per heavy atom. The van der Waals surface area contributed by atoms with E-state index in [4.69, 9.17) is 0 Å². The number of rotatable bonds is 4. The van der Waals surface area contributed by atoms with Gasteiger partial charge in [0.1, 0.15) is 17.3 Å². The van der Waals surface area contributed by atoms with E-state index in [1.807, 2.05) is 0 Å². The zero-order valence-corrected chi connectivity index (χ0v) is 12.6. The van der Waals surface area contributed by atoms with Crippen molar-refractivity contribution in [2.24, 2.45) is 0 Å². The summed E-state index contributed by atoms with van der Waals surface area (Å²) in [4.78, 5) is 11.7. The number of urea groups is 1. The van der Waals surface area contributed by atoms with Gasteiger partial charge in [0, 0.05) is 0 Å². The normalized spacial score (nSPS) is 13.8. The molecule has 0 aliphatic rings. The van der Waals surface area contributed by atoms with Gasteiger partial charge in [-0.2, -0.15) is 13.2 Å². The third-order valence-corrected chi connectivity index (χ3v) is 3.43. The van der Waals surface area contributed by atoms with Crippen LogP contribution in [-0.2, 0) is 5.60 Å². The molecule has 0 radical (unpaired) electrons. The molecule has 0 aromatic heterocycles. The van der Waals surface area contributed by atoms with Crippen LogP contribution in [0.4, 0.5) is 32.4 Å². The van der Waals surface area contributed by atoms with Crippen LogP contribution in [0.25, 0.3) is 0 Å². The van der Waals surface area contributed by atoms with E-state index in [1.165, 1.54) is 18.2 Å². The number of hydrogen-bond acceptors (Lipinski definition) is 2. The predicted molar refractivity (Wildman–Crippen MR) is 79.8 cm³/mol. The SMILES string of the molecule is O=C(NCC(O)(c1ccccc1)C(F)(F)F)Nc1c(F)cccc1F. The zero-order chi connectivity index (χ0) is 18.7. The summed E-state index contributed by atoms with van der Waals surface area (Å²) in [5.41, 5.74) is -4.66. The largest absolute Gasteiger partial charge is 0.423 e. The first-order chi connectivity index (χ1) is 11.6. The lowest BCUT2D eigenvalue weighted by Gasteiger charge is -2.31. The molecule has 9 heteroatoms. The number of para-hydroxylation sites is 1. The molecule has 1 unspecified atom stereocenters. The summed E-state index contributed by atoms with van der Waals surface area (Å²) in [5.74, 6) is -2.19. The Hall–Kier alpha value is -2.68. The highest BCUT2D eigenvalue weighted by Crippen LogP contribution is 2.38. The van der Waals surface area contributed by atoms with Gasteiger partial charge in [-0.15, -0.1) is 0 Å². The van der Waals surface area contributed by atoms with E-state index in [0.29, 0.717) is 0 Å². The van der Waals surface area contributed by atoms with Crippen LogP contribution in [0.15, 0.2) is 48.5 Å². The van der Waals surface area contributed by atoms with Crippen molar-refractivity contribution in [2.45, 2.75) is 11.8 Å². The van der Waals surface area contributed by atoms with Crippen molar-refractivity contribution >= 4 is 11.7 Å². The molecule has 4 nitrogen and oxygen atoms in total. The molecule has 0 spiro atoms. The fourth-order valence-corrected chi connectivity index (χ4v) is 2.06. The van der Waals surface area contributed by atoms with E-state index in [-0.39, 0.29) is 0 Å². The second-order valence-corrected chi connectivity index (χ2v) is 5.13. The van der Waals surface area contributed by atoms with Crippen LogP contribution in [0.5, 0.6) is 0 Å². The highest BCUT2D eigenvalue weighted by molar-refractivity contribution is 5.89. The van der Waals surface area contributed by atoms with Crippen LogP contribution in [0.1, 0.15) is 5.56 Å². The van der Waals surface area contributed by atoms with Gasteiger partial charge >= 0.3 is 12.2 Å².